The van der Waals surface area contributed by atoms with Crippen molar-refractivity contribution in [3.63, 3.8) is 0 Å². The minimum Gasteiger partial charge on any atom is -0.307 e. The molecule has 0 aliphatic heterocycles. The van der Waals surface area contributed by atoms with Crippen LogP contribution in [0.5, 0.6) is 0 Å². The zero-order valence-electron chi connectivity index (χ0n) is 10.5. The third-order valence-corrected chi connectivity index (χ3v) is 4.93. The molecule has 0 spiro atoms. The molecule has 0 amide bonds. The van der Waals surface area contributed by atoms with Gasteiger partial charge in [0.15, 0.2) is 0 Å². The van der Waals surface area contributed by atoms with E-state index in [1.54, 1.807) is 0 Å². The van der Waals surface area contributed by atoms with Gasteiger partial charge in [0.25, 0.3) is 0 Å². The molecule has 1 saturated carbocycles. The fraction of sp³-hybridized carbons (Fsp3) is 0.571. The first-order valence-corrected chi connectivity index (χ1v) is 7.62. The molecular formula is C14H18Cl3N. The Morgan fingerprint density at radius 3 is 2.39 bits per heavy atom. The van der Waals surface area contributed by atoms with E-state index in [-0.39, 0.29) is 6.04 Å². The summed E-state index contributed by atoms with van der Waals surface area (Å²) in [4.78, 5) is 0. The molecule has 2 rings (SSSR count). The Labute approximate surface area is 124 Å². The van der Waals surface area contributed by atoms with Gasteiger partial charge in [0.2, 0.25) is 0 Å². The Bertz CT molecular complexity index is 414. The van der Waals surface area contributed by atoms with Crippen LogP contribution in [0.15, 0.2) is 12.1 Å². The number of benzene rings is 1. The summed E-state index contributed by atoms with van der Waals surface area (Å²) in [6.45, 7) is 2.13. The normalized spacial score (nSPS) is 18.9. The first kappa shape index (κ1) is 14.5. The molecule has 1 nitrogen and oxygen atoms in total. The molecule has 0 heterocycles. The summed E-state index contributed by atoms with van der Waals surface area (Å²) in [5, 5.41) is 5.17. The van der Waals surface area contributed by atoms with Gasteiger partial charge in [0, 0.05) is 12.1 Å². The summed E-state index contributed by atoms with van der Waals surface area (Å²) in [5.41, 5.74) is 1.02. The lowest BCUT2D eigenvalue weighted by atomic mass is 9.94. The zero-order valence-corrected chi connectivity index (χ0v) is 12.7. The lowest BCUT2D eigenvalue weighted by Gasteiger charge is -2.27. The van der Waals surface area contributed by atoms with E-state index in [1.165, 1.54) is 32.1 Å². The Morgan fingerprint density at radius 2 is 1.72 bits per heavy atom. The molecule has 4 heteroatoms. The summed E-state index contributed by atoms with van der Waals surface area (Å²) in [7, 11) is 0. The van der Waals surface area contributed by atoms with Crippen LogP contribution in [0.1, 0.15) is 50.6 Å². The predicted octanol–water partition coefficient (Wildman–Crippen LogP) is 5.63. The number of rotatable bonds is 3. The van der Waals surface area contributed by atoms with Crippen LogP contribution < -0.4 is 5.32 Å². The van der Waals surface area contributed by atoms with Crippen LogP contribution >= 0.6 is 34.8 Å². The van der Waals surface area contributed by atoms with Crippen molar-refractivity contribution in [2.45, 2.75) is 51.1 Å². The second kappa shape index (κ2) is 6.47. The van der Waals surface area contributed by atoms with Crippen LogP contribution in [0.25, 0.3) is 0 Å². The summed E-state index contributed by atoms with van der Waals surface area (Å²) < 4.78 is 0. The van der Waals surface area contributed by atoms with Crippen LogP contribution in [0.4, 0.5) is 0 Å². The van der Waals surface area contributed by atoms with E-state index in [4.69, 9.17) is 34.8 Å². The molecule has 1 aromatic carbocycles. The fourth-order valence-corrected chi connectivity index (χ4v) is 3.29. The van der Waals surface area contributed by atoms with Crippen LogP contribution in [-0.2, 0) is 0 Å². The average Bonchev–Trinajstić information content (AvgIpc) is 2.37. The molecule has 1 aromatic rings. The maximum atomic E-state index is 6.25. The molecule has 1 unspecified atom stereocenters. The highest BCUT2D eigenvalue weighted by atomic mass is 35.5. The largest absolute Gasteiger partial charge is 0.307 e. The van der Waals surface area contributed by atoms with Crippen molar-refractivity contribution in [1.82, 2.24) is 5.32 Å². The summed E-state index contributed by atoms with van der Waals surface area (Å²) in [5.74, 6) is 0. The van der Waals surface area contributed by atoms with E-state index >= 15 is 0 Å². The van der Waals surface area contributed by atoms with Gasteiger partial charge in [-0.25, -0.2) is 0 Å². The van der Waals surface area contributed by atoms with E-state index in [0.29, 0.717) is 21.1 Å². The highest BCUT2D eigenvalue weighted by Gasteiger charge is 2.19. The molecule has 0 aromatic heterocycles. The molecule has 1 N–H and O–H groups in total. The van der Waals surface area contributed by atoms with Gasteiger partial charge in [0.1, 0.15) is 0 Å². The minimum absolute atomic E-state index is 0.204. The summed E-state index contributed by atoms with van der Waals surface area (Å²) in [6, 6.07) is 4.57. The van der Waals surface area contributed by atoms with Gasteiger partial charge in [0.05, 0.1) is 15.1 Å². The lowest BCUT2D eigenvalue weighted by Crippen LogP contribution is -2.33. The van der Waals surface area contributed by atoms with Gasteiger partial charge in [-0.15, -0.1) is 0 Å². The quantitative estimate of drug-likeness (QED) is 0.714. The van der Waals surface area contributed by atoms with E-state index < -0.39 is 0 Å². The van der Waals surface area contributed by atoms with Crippen molar-refractivity contribution in [2.75, 3.05) is 0 Å². The van der Waals surface area contributed by atoms with Gasteiger partial charge >= 0.3 is 0 Å². The molecule has 0 bridgehead atoms. The standard InChI is InChI=1S/C14H18Cl3N/c1-9(18-10-5-3-2-4-6-10)11-7-8-12(15)14(17)13(11)16/h7-10,18H,2-6H2,1H3. The summed E-state index contributed by atoms with van der Waals surface area (Å²) in [6.07, 6.45) is 6.51. The third-order valence-electron chi connectivity index (χ3n) is 3.62. The minimum atomic E-state index is 0.204. The Morgan fingerprint density at radius 1 is 1.06 bits per heavy atom. The van der Waals surface area contributed by atoms with E-state index in [1.807, 2.05) is 12.1 Å². The molecule has 0 radical (unpaired) electrons. The van der Waals surface area contributed by atoms with E-state index in [9.17, 15) is 0 Å². The first-order valence-electron chi connectivity index (χ1n) is 6.49. The Balaban J connectivity index is 2.08. The fourth-order valence-electron chi connectivity index (χ4n) is 2.59. The van der Waals surface area contributed by atoms with Crippen molar-refractivity contribution in [1.29, 1.82) is 0 Å². The number of hydrogen-bond donors (Lipinski definition) is 1. The smallest absolute Gasteiger partial charge is 0.0781 e. The van der Waals surface area contributed by atoms with Crippen LogP contribution in [0.3, 0.4) is 0 Å². The topological polar surface area (TPSA) is 12.0 Å². The molecular weight excluding hydrogens is 289 g/mol. The number of halogens is 3. The Hall–Kier alpha value is 0.0500. The number of hydrogen-bond acceptors (Lipinski definition) is 1. The second-order valence-corrected chi connectivity index (χ2v) is 6.15. The van der Waals surface area contributed by atoms with Crippen molar-refractivity contribution >= 4 is 34.8 Å². The highest BCUT2D eigenvalue weighted by Crippen LogP contribution is 2.35. The van der Waals surface area contributed by atoms with Gasteiger partial charge in [-0.05, 0) is 31.4 Å². The van der Waals surface area contributed by atoms with Crippen molar-refractivity contribution in [3.05, 3.63) is 32.8 Å². The van der Waals surface area contributed by atoms with Crippen LogP contribution in [0, 0.1) is 0 Å². The highest BCUT2D eigenvalue weighted by molar-refractivity contribution is 6.48. The second-order valence-electron chi connectivity index (χ2n) is 4.99. The monoisotopic (exact) mass is 305 g/mol. The van der Waals surface area contributed by atoms with Crippen LogP contribution in [-0.4, -0.2) is 6.04 Å². The maximum Gasteiger partial charge on any atom is 0.0781 e. The van der Waals surface area contributed by atoms with Crippen LogP contribution in [0.2, 0.25) is 15.1 Å². The van der Waals surface area contributed by atoms with Gasteiger partial charge in [-0.1, -0.05) is 60.1 Å². The molecule has 1 aliphatic rings. The van der Waals surface area contributed by atoms with E-state index in [0.717, 1.165) is 5.56 Å². The maximum absolute atomic E-state index is 6.25. The Kier molecular flexibility index (Phi) is 5.20. The molecule has 1 aliphatic carbocycles. The van der Waals surface area contributed by atoms with E-state index in [2.05, 4.69) is 12.2 Å². The van der Waals surface area contributed by atoms with Crippen molar-refractivity contribution in [2.24, 2.45) is 0 Å². The molecule has 18 heavy (non-hydrogen) atoms. The van der Waals surface area contributed by atoms with Gasteiger partial charge in [-0.2, -0.15) is 0 Å². The SMILES string of the molecule is CC(NC1CCCCC1)c1ccc(Cl)c(Cl)c1Cl. The summed E-state index contributed by atoms with van der Waals surface area (Å²) >= 11 is 18.3. The van der Waals surface area contributed by atoms with Crippen molar-refractivity contribution in [3.8, 4) is 0 Å². The molecule has 100 valence electrons. The van der Waals surface area contributed by atoms with Gasteiger partial charge in [-0.3, -0.25) is 0 Å². The molecule has 0 saturated heterocycles. The molecule has 1 fully saturated rings. The molecule has 1 atom stereocenters. The van der Waals surface area contributed by atoms with Gasteiger partial charge < -0.3 is 5.32 Å². The number of nitrogens with one attached hydrogen (secondary N) is 1. The third kappa shape index (κ3) is 3.33. The lowest BCUT2D eigenvalue weighted by molar-refractivity contribution is 0.347. The van der Waals surface area contributed by atoms with Crippen molar-refractivity contribution < 1.29 is 0 Å². The average molecular weight is 307 g/mol. The first-order chi connectivity index (χ1) is 8.59. The zero-order chi connectivity index (χ0) is 13.1. The predicted molar refractivity (Wildman–Crippen MR) is 79.9 cm³/mol.